The van der Waals surface area contributed by atoms with Crippen LogP contribution in [-0.4, -0.2) is 20.5 Å². The standard InChI is InChI=1S/C10H10O3S/c1-7-3-2-4-9-10(7)8(5-11)6-14(9,12)13/h2-5,8H,6H2,1H3. The molecule has 1 heterocycles. The Morgan fingerprint density at radius 3 is 2.79 bits per heavy atom. The van der Waals surface area contributed by atoms with Gasteiger partial charge in [0, 0.05) is 0 Å². The third-order valence-electron chi connectivity index (χ3n) is 2.55. The third-order valence-corrected chi connectivity index (χ3v) is 4.38. The first kappa shape index (κ1) is 9.40. The van der Waals surface area contributed by atoms with Gasteiger partial charge in [0.25, 0.3) is 0 Å². The third kappa shape index (κ3) is 1.18. The maximum absolute atomic E-state index is 11.6. The van der Waals surface area contributed by atoms with Crippen LogP contribution in [0.15, 0.2) is 23.1 Å². The predicted molar refractivity (Wildman–Crippen MR) is 52.0 cm³/mol. The van der Waals surface area contributed by atoms with E-state index in [1.165, 1.54) is 0 Å². The van der Waals surface area contributed by atoms with E-state index in [9.17, 15) is 13.2 Å². The van der Waals surface area contributed by atoms with Crippen LogP contribution in [0.5, 0.6) is 0 Å². The SMILES string of the molecule is Cc1cccc2c1C(C=O)CS2(=O)=O. The highest BCUT2D eigenvalue weighted by atomic mass is 32.2. The first-order valence-electron chi connectivity index (χ1n) is 4.34. The molecule has 1 atom stereocenters. The van der Waals surface area contributed by atoms with Crippen molar-refractivity contribution in [1.29, 1.82) is 0 Å². The van der Waals surface area contributed by atoms with Crippen molar-refractivity contribution in [2.24, 2.45) is 0 Å². The van der Waals surface area contributed by atoms with Crippen LogP contribution in [-0.2, 0) is 14.6 Å². The normalized spacial score (nSPS) is 23.1. The molecule has 4 heteroatoms. The van der Waals surface area contributed by atoms with Crippen molar-refractivity contribution in [3.8, 4) is 0 Å². The van der Waals surface area contributed by atoms with E-state index in [-0.39, 0.29) is 5.75 Å². The Balaban J connectivity index is 2.77. The van der Waals surface area contributed by atoms with Gasteiger partial charge in [0.2, 0.25) is 0 Å². The van der Waals surface area contributed by atoms with Crippen LogP contribution in [0.2, 0.25) is 0 Å². The zero-order chi connectivity index (χ0) is 10.3. The van der Waals surface area contributed by atoms with Gasteiger partial charge in [0.1, 0.15) is 6.29 Å². The molecule has 2 rings (SSSR count). The lowest BCUT2D eigenvalue weighted by molar-refractivity contribution is -0.108. The molecule has 0 spiro atoms. The molecule has 0 saturated heterocycles. The Hall–Kier alpha value is -1.16. The molecule has 1 aromatic rings. The summed E-state index contributed by atoms with van der Waals surface area (Å²) in [6, 6.07) is 5.11. The van der Waals surface area contributed by atoms with Crippen LogP contribution in [0.1, 0.15) is 17.0 Å². The van der Waals surface area contributed by atoms with Crippen LogP contribution in [0.3, 0.4) is 0 Å². The summed E-state index contributed by atoms with van der Waals surface area (Å²) in [4.78, 5) is 11.1. The summed E-state index contributed by atoms with van der Waals surface area (Å²) in [7, 11) is -3.22. The van der Waals surface area contributed by atoms with Crippen LogP contribution < -0.4 is 0 Å². The van der Waals surface area contributed by atoms with Crippen molar-refractivity contribution >= 4 is 16.1 Å². The molecular formula is C10H10O3S. The zero-order valence-corrected chi connectivity index (χ0v) is 8.54. The van der Waals surface area contributed by atoms with Crippen molar-refractivity contribution in [2.75, 3.05) is 5.75 Å². The van der Waals surface area contributed by atoms with E-state index in [1.807, 2.05) is 13.0 Å². The monoisotopic (exact) mass is 210 g/mol. The van der Waals surface area contributed by atoms with E-state index in [4.69, 9.17) is 0 Å². The summed E-state index contributed by atoms with van der Waals surface area (Å²) in [6.07, 6.45) is 0.719. The summed E-state index contributed by atoms with van der Waals surface area (Å²) in [6.45, 7) is 1.83. The lowest BCUT2D eigenvalue weighted by Gasteiger charge is -2.04. The summed E-state index contributed by atoms with van der Waals surface area (Å²) in [5, 5.41) is 0. The second-order valence-corrected chi connectivity index (χ2v) is 5.51. The van der Waals surface area contributed by atoms with Crippen molar-refractivity contribution < 1.29 is 13.2 Å². The minimum atomic E-state index is -3.22. The lowest BCUT2D eigenvalue weighted by atomic mass is 9.98. The van der Waals surface area contributed by atoms with Gasteiger partial charge in [0.05, 0.1) is 16.6 Å². The minimum absolute atomic E-state index is 0.0727. The number of hydrogen-bond donors (Lipinski definition) is 0. The van der Waals surface area contributed by atoms with Crippen molar-refractivity contribution in [1.82, 2.24) is 0 Å². The topological polar surface area (TPSA) is 51.2 Å². The Bertz CT molecular complexity index is 488. The summed E-state index contributed by atoms with van der Waals surface area (Å²) in [5.41, 5.74) is 1.56. The molecule has 1 aliphatic rings. The number of benzene rings is 1. The molecule has 0 N–H and O–H groups in total. The largest absolute Gasteiger partial charge is 0.303 e. The quantitative estimate of drug-likeness (QED) is 0.651. The van der Waals surface area contributed by atoms with Crippen molar-refractivity contribution in [3.05, 3.63) is 29.3 Å². The highest BCUT2D eigenvalue weighted by molar-refractivity contribution is 7.91. The second kappa shape index (κ2) is 2.92. The summed E-state index contributed by atoms with van der Waals surface area (Å²) < 4.78 is 23.2. The predicted octanol–water partition coefficient (Wildman–Crippen LogP) is 1.06. The Kier molecular flexibility index (Phi) is 1.96. The lowest BCUT2D eigenvalue weighted by Crippen LogP contribution is -2.04. The Labute approximate surface area is 82.7 Å². The van der Waals surface area contributed by atoms with Gasteiger partial charge in [0.15, 0.2) is 9.84 Å². The van der Waals surface area contributed by atoms with Crippen LogP contribution >= 0.6 is 0 Å². The number of aldehydes is 1. The number of carbonyl (C=O) groups excluding carboxylic acids is 1. The average molecular weight is 210 g/mol. The van der Waals surface area contributed by atoms with Gasteiger partial charge < -0.3 is 4.79 Å². The van der Waals surface area contributed by atoms with Gasteiger partial charge >= 0.3 is 0 Å². The molecule has 0 amide bonds. The number of aryl methyl sites for hydroxylation is 1. The fourth-order valence-electron chi connectivity index (χ4n) is 1.92. The molecule has 1 aliphatic heterocycles. The molecule has 3 nitrogen and oxygen atoms in total. The highest BCUT2D eigenvalue weighted by Crippen LogP contribution is 2.35. The number of fused-ring (bicyclic) bond motifs is 1. The Morgan fingerprint density at radius 2 is 2.14 bits per heavy atom. The minimum Gasteiger partial charge on any atom is -0.303 e. The van der Waals surface area contributed by atoms with E-state index in [0.717, 1.165) is 11.8 Å². The van der Waals surface area contributed by atoms with Crippen LogP contribution in [0.4, 0.5) is 0 Å². The first-order chi connectivity index (χ1) is 6.56. The number of carbonyl (C=O) groups is 1. The molecule has 0 radical (unpaired) electrons. The number of hydrogen-bond acceptors (Lipinski definition) is 3. The molecule has 0 aliphatic carbocycles. The van der Waals surface area contributed by atoms with E-state index >= 15 is 0 Å². The van der Waals surface area contributed by atoms with E-state index < -0.39 is 15.8 Å². The maximum atomic E-state index is 11.6. The van der Waals surface area contributed by atoms with E-state index in [1.54, 1.807) is 12.1 Å². The molecule has 0 bridgehead atoms. The molecule has 1 unspecified atom stereocenters. The first-order valence-corrected chi connectivity index (χ1v) is 5.99. The van der Waals surface area contributed by atoms with Crippen molar-refractivity contribution in [2.45, 2.75) is 17.7 Å². The smallest absolute Gasteiger partial charge is 0.179 e. The Morgan fingerprint density at radius 1 is 1.43 bits per heavy atom. The van der Waals surface area contributed by atoms with Gasteiger partial charge in [-0.1, -0.05) is 12.1 Å². The maximum Gasteiger partial charge on any atom is 0.179 e. The molecule has 0 aromatic heterocycles. The fraction of sp³-hybridized carbons (Fsp3) is 0.300. The molecule has 74 valence electrons. The van der Waals surface area contributed by atoms with E-state index in [0.29, 0.717) is 10.5 Å². The van der Waals surface area contributed by atoms with Crippen LogP contribution in [0, 0.1) is 6.92 Å². The highest BCUT2D eigenvalue weighted by Gasteiger charge is 2.35. The molecule has 1 aromatic carbocycles. The molecule has 0 saturated carbocycles. The van der Waals surface area contributed by atoms with E-state index in [2.05, 4.69) is 0 Å². The summed E-state index contributed by atoms with van der Waals surface area (Å²) >= 11 is 0. The van der Waals surface area contributed by atoms with Crippen molar-refractivity contribution in [3.63, 3.8) is 0 Å². The van der Waals surface area contributed by atoms with Gasteiger partial charge in [-0.05, 0) is 24.1 Å². The number of rotatable bonds is 1. The number of sulfone groups is 1. The summed E-state index contributed by atoms with van der Waals surface area (Å²) in [5.74, 6) is -0.548. The van der Waals surface area contributed by atoms with Gasteiger partial charge in [-0.2, -0.15) is 0 Å². The zero-order valence-electron chi connectivity index (χ0n) is 7.73. The average Bonchev–Trinajstić information content (AvgIpc) is 2.40. The molecule has 0 fully saturated rings. The van der Waals surface area contributed by atoms with Gasteiger partial charge in [-0.3, -0.25) is 0 Å². The van der Waals surface area contributed by atoms with Gasteiger partial charge in [-0.25, -0.2) is 8.42 Å². The molecular weight excluding hydrogens is 200 g/mol. The second-order valence-electron chi connectivity index (χ2n) is 3.51. The fourth-order valence-corrected chi connectivity index (χ4v) is 3.75. The van der Waals surface area contributed by atoms with Crippen LogP contribution in [0.25, 0.3) is 0 Å². The molecule has 14 heavy (non-hydrogen) atoms. The van der Waals surface area contributed by atoms with Gasteiger partial charge in [-0.15, -0.1) is 0 Å².